The Morgan fingerprint density at radius 3 is 2.62 bits per heavy atom. The topological polar surface area (TPSA) is 46.5 Å². The highest BCUT2D eigenvalue weighted by atomic mass is 16.5. The lowest BCUT2D eigenvalue weighted by molar-refractivity contribution is -0.137. The summed E-state index contributed by atoms with van der Waals surface area (Å²) in [5, 5.41) is 8.73. The summed E-state index contributed by atoms with van der Waals surface area (Å²) in [4.78, 5) is 10.6. The Labute approximate surface area is 96.1 Å². The number of benzene rings is 1. The summed E-state index contributed by atoms with van der Waals surface area (Å²) in [5.41, 5.74) is 1.00. The average Bonchev–Trinajstić information content (AvgIpc) is 2.16. The van der Waals surface area contributed by atoms with Crippen molar-refractivity contribution in [2.45, 2.75) is 39.2 Å². The van der Waals surface area contributed by atoms with Crippen molar-refractivity contribution in [3.05, 3.63) is 29.8 Å². The maximum absolute atomic E-state index is 10.6. The van der Waals surface area contributed by atoms with E-state index in [1.54, 1.807) is 0 Å². The molecule has 0 aromatic heterocycles. The number of hydrogen-bond acceptors (Lipinski definition) is 2. The normalized spacial score (nSPS) is 12.5. The van der Waals surface area contributed by atoms with E-state index in [-0.39, 0.29) is 18.4 Å². The minimum absolute atomic E-state index is 0.00760. The molecule has 16 heavy (non-hydrogen) atoms. The van der Waals surface area contributed by atoms with Crippen LogP contribution in [-0.2, 0) is 4.79 Å². The second-order valence-corrected chi connectivity index (χ2v) is 4.24. The van der Waals surface area contributed by atoms with Gasteiger partial charge < -0.3 is 9.84 Å². The molecule has 0 bridgehead atoms. The molecule has 1 atom stereocenters. The van der Waals surface area contributed by atoms with Gasteiger partial charge in [-0.25, -0.2) is 0 Å². The fraction of sp³-hybridized carbons (Fsp3) is 0.462. The quantitative estimate of drug-likeness (QED) is 0.832. The summed E-state index contributed by atoms with van der Waals surface area (Å²) >= 11 is 0. The Hall–Kier alpha value is -1.51. The first-order valence-electron chi connectivity index (χ1n) is 5.47. The molecule has 1 N–H and O–H groups in total. The van der Waals surface area contributed by atoms with E-state index in [1.807, 2.05) is 45.0 Å². The van der Waals surface area contributed by atoms with E-state index in [2.05, 4.69) is 0 Å². The van der Waals surface area contributed by atoms with Crippen molar-refractivity contribution < 1.29 is 14.6 Å². The highest BCUT2D eigenvalue weighted by Gasteiger charge is 2.10. The molecular weight excluding hydrogens is 204 g/mol. The highest BCUT2D eigenvalue weighted by Crippen LogP contribution is 2.23. The third kappa shape index (κ3) is 3.93. The lowest BCUT2D eigenvalue weighted by Gasteiger charge is -2.13. The van der Waals surface area contributed by atoms with Gasteiger partial charge in [-0.2, -0.15) is 0 Å². The van der Waals surface area contributed by atoms with Crippen LogP contribution in [0, 0.1) is 0 Å². The number of aliphatic carboxylic acids is 1. The van der Waals surface area contributed by atoms with E-state index in [0.29, 0.717) is 0 Å². The number of ether oxygens (including phenoxy) is 1. The summed E-state index contributed by atoms with van der Waals surface area (Å²) < 4.78 is 5.56. The summed E-state index contributed by atoms with van der Waals surface area (Å²) in [5.74, 6) is 0.0284. The number of rotatable bonds is 5. The zero-order valence-corrected chi connectivity index (χ0v) is 9.93. The lowest BCUT2D eigenvalue weighted by Crippen LogP contribution is -2.07. The Kier molecular flexibility index (Phi) is 4.35. The van der Waals surface area contributed by atoms with Crippen molar-refractivity contribution in [2.24, 2.45) is 0 Å². The largest absolute Gasteiger partial charge is 0.491 e. The molecule has 88 valence electrons. The molecule has 3 heteroatoms. The summed E-state index contributed by atoms with van der Waals surface area (Å²) in [6.45, 7) is 5.84. The molecule has 0 aliphatic carbocycles. The second-order valence-electron chi connectivity index (χ2n) is 4.24. The van der Waals surface area contributed by atoms with Gasteiger partial charge in [-0.1, -0.05) is 19.1 Å². The van der Waals surface area contributed by atoms with Crippen LogP contribution in [0.25, 0.3) is 0 Å². The van der Waals surface area contributed by atoms with Gasteiger partial charge >= 0.3 is 5.97 Å². The van der Waals surface area contributed by atoms with E-state index in [9.17, 15) is 4.79 Å². The molecule has 1 aromatic rings. The number of carboxylic acids is 1. The number of carboxylic acid groups (broad SMARTS) is 1. The van der Waals surface area contributed by atoms with Gasteiger partial charge in [0.2, 0.25) is 0 Å². The first kappa shape index (κ1) is 12.6. The SMILES string of the molecule is CC(C)Oc1cccc(C(C)CC(=O)O)c1. The van der Waals surface area contributed by atoms with Crippen LogP contribution in [0.15, 0.2) is 24.3 Å². The summed E-state index contributed by atoms with van der Waals surface area (Å²) in [6.07, 6.45) is 0.274. The molecule has 1 unspecified atom stereocenters. The Morgan fingerprint density at radius 1 is 1.38 bits per heavy atom. The van der Waals surface area contributed by atoms with E-state index in [1.165, 1.54) is 0 Å². The van der Waals surface area contributed by atoms with Gasteiger partial charge in [-0.15, -0.1) is 0 Å². The van der Waals surface area contributed by atoms with E-state index >= 15 is 0 Å². The standard InChI is InChI=1S/C13H18O3/c1-9(2)16-12-6-4-5-11(8-12)10(3)7-13(14)15/h4-6,8-10H,7H2,1-3H3,(H,14,15). The Balaban J connectivity index is 2.77. The van der Waals surface area contributed by atoms with Crippen LogP contribution in [0.3, 0.4) is 0 Å². The zero-order chi connectivity index (χ0) is 12.1. The van der Waals surface area contributed by atoms with Crippen molar-refractivity contribution >= 4 is 5.97 Å². The predicted molar refractivity (Wildman–Crippen MR) is 62.9 cm³/mol. The molecule has 0 radical (unpaired) electrons. The van der Waals surface area contributed by atoms with Crippen LogP contribution in [-0.4, -0.2) is 17.2 Å². The van der Waals surface area contributed by atoms with Gasteiger partial charge in [0.15, 0.2) is 0 Å². The van der Waals surface area contributed by atoms with Crippen LogP contribution >= 0.6 is 0 Å². The van der Waals surface area contributed by atoms with E-state index in [0.717, 1.165) is 11.3 Å². The maximum atomic E-state index is 10.6. The maximum Gasteiger partial charge on any atom is 0.303 e. The zero-order valence-electron chi connectivity index (χ0n) is 9.93. The van der Waals surface area contributed by atoms with Crippen LogP contribution in [0.2, 0.25) is 0 Å². The molecule has 0 heterocycles. The van der Waals surface area contributed by atoms with Crippen LogP contribution in [0.4, 0.5) is 0 Å². The Bertz CT molecular complexity index is 358. The van der Waals surface area contributed by atoms with E-state index < -0.39 is 5.97 Å². The van der Waals surface area contributed by atoms with Gasteiger partial charge in [0.25, 0.3) is 0 Å². The molecule has 0 saturated carbocycles. The molecule has 3 nitrogen and oxygen atoms in total. The molecule has 0 spiro atoms. The molecule has 0 aliphatic rings. The molecule has 0 amide bonds. The molecule has 0 aliphatic heterocycles. The van der Waals surface area contributed by atoms with E-state index in [4.69, 9.17) is 9.84 Å². The predicted octanol–water partition coefficient (Wildman–Crippen LogP) is 3.05. The summed E-state index contributed by atoms with van der Waals surface area (Å²) in [6, 6.07) is 7.62. The first-order valence-corrected chi connectivity index (χ1v) is 5.47. The smallest absolute Gasteiger partial charge is 0.303 e. The van der Waals surface area contributed by atoms with Crippen LogP contribution in [0.5, 0.6) is 5.75 Å². The van der Waals surface area contributed by atoms with Crippen molar-refractivity contribution in [1.82, 2.24) is 0 Å². The van der Waals surface area contributed by atoms with Crippen LogP contribution < -0.4 is 4.74 Å². The third-order valence-electron chi connectivity index (χ3n) is 2.28. The van der Waals surface area contributed by atoms with Gasteiger partial charge in [0.05, 0.1) is 12.5 Å². The van der Waals surface area contributed by atoms with Crippen molar-refractivity contribution in [2.75, 3.05) is 0 Å². The highest BCUT2D eigenvalue weighted by molar-refractivity contribution is 5.68. The fourth-order valence-corrected chi connectivity index (χ4v) is 1.55. The molecule has 0 fully saturated rings. The second kappa shape index (κ2) is 5.54. The Morgan fingerprint density at radius 2 is 2.06 bits per heavy atom. The van der Waals surface area contributed by atoms with Crippen molar-refractivity contribution in [3.8, 4) is 5.75 Å². The first-order chi connectivity index (χ1) is 7.49. The van der Waals surface area contributed by atoms with Crippen LogP contribution in [0.1, 0.15) is 38.7 Å². The monoisotopic (exact) mass is 222 g/mol. The third-order valence-corrected chi connectivity index (χ3v) is 2.28. The van der Waals surface area contributed by atoms with Gasteiger partial charge in [0, 0.05) is 0 Å². The fourth-order valence-electron chi connectivity index (χ4n) is 1.55. The van der Waals surface area contributed by atoms with Gasteiger partial charge in [-0.3, -0.25) is 4.79 Å². The summed E-state index contributed by atoms with van der Waals surface area (Å²) in [7, 11) is 0. The molecule has 1 rings (SSSR count). The van der Waals surface area contributed by atoms with Crippen molar-refractivity contribution in [3.63, 3.8) is 0 Å². The molecule has 0 saturated heterocycles. The molecular formula is C13H18O3. The molecule has 1 aromatic carbocycles. The lowest BCUT2D eigenvalue weighted by atomic mass is 9.98. The van der Waals surface area contributed by atoms with Gasteiger partial charge in [0.1, 0.15) is 5.75 Å². The minimum Gasteiger partial charge on any atom is -0.491 e. The average molecular weight is 222 g/mol. The minimum atomic E-state index is -0.775. The van der Waals surface area contributed by atoms with Gasteiger partial charge in [-0.05, 0) is 37.5 Å². The van der Waals surface area contributed by atoms with Crippen molar-refractivity contribution in [1.29, 1.82) is 0 Å². The number of hydrogen-bond donors (Lipinski definition) is 1. The number of carbonyl (C=O) groups is 1.